The second-order valence-corrected chi connectivity index (χ2v) is 11.7. The predicted molar refractivity (Wildman–Crippen MR) is 150 cm³/mol. The number of nitrogens with one attached hydrogen (secondary N) is 1. The average molecular weight is 627 g/mol. The Morgan fingerprint density at radius 2 is 1.68 bits per heavy atom. The first kappa shape index (κ1) is 29.0. The molecule has 0 unspecified atom stereocenters. The molecular weight excluding hydrogens is 601 g/mol. The molecule has 0 heterocycles. The van der Waals surface area contributed by atoms with Crippen molar-refractivity contribution in [2.24, 2.45) is 0 Å². The van der Waals surface area contributed by atoms with Crippen molar-refractivity contribution in [1.82, 2.24) is 10.2 Å². The van der Waals surface area contributed by atoms with Gasteiger partial charge >= 0.3 is 0 Å². The Balaban J connectivity index is 2.04. The van der Waals surface area contributed by atoms with E-state index in [1.54, 1.807) is 32.0 Å². The molecule has 3 rings (SSSR count). The van der Waals surface area contributed by atoms with Gasteiger partial charge in [-0.1, -0.05) is 69.5 Å². The van der Waals surface area contributed by atoms with Crippen molar-refractivity contribution >= 4 is 66.7 Å². The second-order valence-electron chi connectivity index (χ2n) is 8.15. The first-order valence-electron chi connectivity index (χ1n) is 11.4. The average Bonchev–Trinajstić information content (AvgIpc) is 2.87. The maximum absolute atomic E-state index is 13.8. The van der Waals surface area contributed by atoms with E-state index in [-0.39, 0.29) is 33.1 Å². The Labute approximate surface area is 235 Å². The molecule has 0 spiro atoms. The minimum Gasteiger partial charge on any atom is -0.355 e. The van der Waals surface area contributed by atoms with E-state index in [2.05, 4.69) is 21.2 Å². The van der Waals surface area contributed by atoms with E-state index in [4.69, 9.17) is 23.2 Å². The number of benzene rings is 3. The Kier molecular flexibility index (Phi) is 10.0. The number of likely N-dealkylation sites (N-methyl/N-ethyl adjacent to an activating group) is 1. The Bertz CT molecular complexity index is 1370. The molecule has 11 heteroatoms. The number of carbonyl (C=O) groups is 2. The van der Waals surface area contributed by atoms with Gasteiger partial charge in [0.2, 0.25) is 11.8 Å². The van der Waals surface area contributed by atoms with Crippen molar-refractivity contribution in [3.8, 4) is 0 Å². The van der Waals surface area contributed by atoms with Gasteiger partial charge in [-0.05, 0) is 61.9 Å². The Hall–Kier alpha value is -2.59. The van der Waals surface area contributed by atoms with Crippen molar-refractivity contribution in [2.45, 2.75) is 31.3 Å². The summed E-state index contributed by atoms with van der Waals surface area (Å²) in [4.78, 5) is 27.9. The van der Waals surface area contributed by atoms with E-state index < -0.39 is 28.5 Å². The molecule has 0 aliphatic rings. The number of nitrogens with zero attached hydrogens (tertiary/aromatic N) is 2. The fraction of sp³-hybridized carbons (Fsp3) is 0.231. The number of carbonyl (C=O) groups excluding carboxylic acids is 2. The van der Waals surface area contributed by atoms with Crippen LogP contribution >= 0.6 is 39.1 Å². The number of hydrogen-bond acceptors (Lipinski definition) is 4. The minimum atomic E-state index is -4.17. The lowest BCUT2D eigenvalue weighted by atomic mass is 10.1. The molecule has 7 nitrogen and oxygen atoms in total. The summed E-state index contributed by atoms with van der Waals surface area (Å²) < 4.78 is 29.2. The maximum atomic E-state index is 13.8. The van der Waals surface area contributed by atoms with Crippen molar-refractivity contribution in [3.63, 3.8) is 0 Å². The highest BCUT2D eigenvalue weighted by atomic mass is 79.9. The van der Waals surface area contributed by atoms with Gasteiger partial charge in [0.15, 0.2) is 0 Å². The van der Waals surface area contributed by atoms with Crippen molar-refractivity contribution < 1.29 is 18.0 Å². The lowest BCUT2D eigenvalue weighted by Crippen LogP contribution is -2.51. The topological polar surface area (TPSA) is 86.8 Å². The lowest BCUT2D eigenvalue weighted by molar-refractivity contribution is -0.139. The molecule has 1 N–H and O–H groups in total. The van der Waals surface area contributed by atoms with Gasteiger partial charge in [-0.15, -0.1) is 0 Å². The molecule has 0 saturated carbocycles. The van der Waals surface area contributed by atoms with Gasteiger partial charge in [0.1, 0.15) is 12.6 Å². The third kappa shape index (κ3) is 7.25. The van der Waals surface area contributed by atoms with Crippen LogP contribution in [0.15, 0.2) is 82.2 Å². The monoisotopic (exact) mass is 625 g/mol. The van der Waals surface area contributed by atoms with Gasteiger partial charge < -0.3 is 10.2 Å². The number of amides is 2. The van der Waals surface area contributed by atoms with E-state index in [0.29, 0.717) is 6.54 Å². The molecule has 0 saturated heterocycles. The number of anilines is 1. The minimum absolute atomic E-state index is 0.00388. The van der Waals surface area contributed by atoms with Crippen LogP contribution < -0.4 is 9.62 Å². The van der Waals surface area contributed by atoms with Gasteiger partial charge in [0.25, 0.3) is 10.0 Å². The summed E-state index contributed by atoms with van der Waals surface area (Å²) in [6.45, 7) is 3.31. The normalized spacial score (nSPS) is 12.0. The number of hydrogen-bond donors (Lipinski definition) is 1. The standard InChI is InChI=1S/C26H26BrCl2N3O4S/c1-3-30-26(34)18(2)31(16-19-8-7-9-20(27)14-19)25(33)17-32(21-12-13-23(28)24(29)15-21)37(35,36)22-10-5-4-6-11-22/h4-15,18H,3,16-17H2,1-2H3,(H,30,34)/t18-/m1/s1. The molecule has 196 valence electrons. The summed E-state index contributed by atoms with van der Waals surface area (Å²) in [5.74, 6) is -0.915. The lowest BCUT2D eigenvalue weighted by Gasteiger charge is -2.32. The summed E-state index contributed by atoms with van der Waals surface area (Å²) in [5, 5.41) is 3.11. The predicted octanol–water partition coefficient (Wildman–Crippen LogP) is 5.50. The van der Waals surface area contributed by atoms with Gasteiger partial charge in [-0.25, -0.2) is 8.42 Å². The molecule has 1 atom stereocenters. The molecule has 3 aromatic rings. The third-order valence-electron chi connectivity index (χ3n) is 5.56. The highest BCUT2D eigenvalue weighted by Gasteiger charge is 2.32. The van der Waals surface area contributed by atoms with Gasteiger partial charge in [0, 0.05) is 17.6 Å². The van der Waals surface area contributed by atoms with Crippen LogP contribution in [0.5, 0.6) is 0 Å². The van der Waals surface area contributed by atoms with Gasteiger partial charge in [-0.2, -0.15) is 0 Å². The fourth-order valence-electron chi connectivity index (χ4n) is 3.63. The van der Waals surface area contributed by atoms with Crippen LogP contribution in [0.3, 0.4) is 0 Å². The summed E-state index contributed by atoms with van der Waals surface area (Å²) >= 11 is 15.7. The summed E-state index contributed by atoms with van der Waals surface area (Å²) in [6.07, 6.45) is 0. The van der Waals surface area contributed by atoms with E-state index in [1.807, 2.05) is 24.3 Å². The van der Waals surface area contributed by atoms with Gasteiger partial charge in [0.05, 0.1) is 20.6 Å². The summed E-state index contributed by atoms with van der Waals surface area (Å²) in [5.41, 5.74) is 0.936. The first-order valence-corrected chi connectivity index (χ1v) is 14.4. The molecule has 0 bridgehead atoms. The number of sulfonamides is 1. The van der Waals surface area contributed by atoms with Gasteiger partial charge in [-0.3, -0.25) is 13.9 Å². The quantitative estimate of drug-likeness (QED) is 0.322. The Morgan fingerprint density at radius 1 is 0.973 bits per heavy atom. The maximum Gasteiger partial charge on any atom is 0.264 e. The van der Waals surface area contributed by atoms with Crippen LogP contribution in [-0.4, -0.2) is 44.3 Å². The second kappa shape index (κ2) is 12.8. The SMILES string of the molecule is CCNC(=O)[C@@H](C)N(Cc1cccc(Br)c1)C(=O)CN(c1ccc(Cl)c(Cl)c1)S(=O)(=O)c1ccccc1. The zero-order valence-electron chi connectivity index (χ0n) is 20.2. The Morgan fingerprint density at radius 3 is 2.30 bits per heavy atom. The van der Waals surface area contributed by atoms with E-state index in [9.17, 15) is 18.0 Å². The molecule has 2 amide bonds. The van der Waals surface area contributed by atoms with Crippen molar-refractivity contribution in [2.75, 3.05) is 17.4 Å². The fourth-order valence-corrected chi connectivity index (χ4v) is 5.79. The molecular formula is C26H26BrCl2N3O4S. The van der Waals surface area contributed by atoms with Crippen LogP contribution in [0.2, 0.25) is 10.0 Å². The number of halogens is 3. The number of rotatable bonds is 10. The molecule has 0 radical (unpaired) electrons. The van der Waals surface area contributed by atoms with E-state index in [1.165, 1.54) is 35.2 Å². The highest BCUT2D eigenvalue weighted by Crippen LogP contribution is 2.31. The third-order valence-corrected chi connectivity index (χ3v) is 8.58. The van der Waals surface area contributed by atoms with Crippen LogP contribution in [0.25, 0.3) is 0 Å². The molecule has 0 aliphatic carbocycles. The largest absolute Gasteiger partial charge is 0.355 e. The first-order chi connectivity index (χ1) is 17.5. The van der Waals surface area contributed by atoms with Crippen molar-refractivity contribution in [3.05, 3.63) is 92.9 Å². The summed E-state index contributed by atoms with van der Waals surface area (Å²) in [6, 6.07) is 18.6. The summed E-state index contributed by atoms with van der Waals surface area (Å²) in [7, 11) is -4.17. The zero-order chi connectivity index (χ0) is 27.2. The van der Waals surface area contributed by atoms with E-state index >= 15 is 0 Å². The van der Waals surface area contributed by atoms with E-state index in [0.717, 1.165) is 14.3 Å². The van der Waals surface area contributed by atoms with Crippen molar-refractivity contribution in [1.29, 1.82) is 0 Å². The van der Waals surface area contributed by atoms with Crippen LogP contribution in [0.4, 0.5) is 5.69 Å². The smallest absolute Gasteiger partial charge is 0.264 e. The molecule has 0 aliphatic heterocycles. The molecule has 0 fully saturated rings. The zero-order valence-corrected chi connectivity index (χ0v) is 24.1. The highest BCUT2D eigenvalue weighted by molar-refractivity contribution is 9.10. The van der Waals surface area contributed by atoms with Crippen LogP contribution in [0, 0.1) is 0 Å². The molecule has 3 aromatic carbocycles. The van der Waals surface area contributed by atoms with Crippen LogP contribution in [-0.2, 0) is 26.2 Å². The molecule has 0 aromatic heterocycles. The molecule has 37 heavy (non-hydrogen) atoms. The van der Waals surface area contributed by atoms with Crippen LogP contribution in [0.1, 0.15) is 19.4 Å².